The fourth-order valence-corrected chi connectivity index (χ4v) is 13.6. The lowest BCUT2D eigenvalue weighted by atomic mass is 10.0. The molecule has 0 spiro atoms. The molecule has 0 fully saturated rings. The van der Waals surface area contributed by atoms with Crippen LogP contribution in [0.1, 0.15) is 125 Å². The van der Waals surface area contributed by atoms with Crippen molar-refractivity contribution in [3.8, 4) is 9.75 Å². The second-order valence-electron chi connectivity index (χ2n) is 11.0. The van der Waals surface area contributed by atoms with Crippen LogP contribution in [0.15, 0.2) is 15.9 Å². The Morgan fingerprint density at radius 3 is 1.65 bits per heavy atom. The van der Waals surface area contributed by atoms with Crippen LogP contribution in [-0.4, -0.2) is 6.29 Å². The van der Waals surface area contributed by atoms with E-state index in [0.717, 1.165) is 17.6 Å². The number of halogens is 1. The van der Waals surface area contributed by atoms with E-state index in [4.69, 9.17) is 0 Å². The van der Waals surface area contributed by atoms with Crippen molar-refractivity contribution in [3.05, 3.63) is 31.9 Å². The summed E-state index contributed by atoms with van der Waals surface area (Å²) in [7, 11) is 0. The Bertz CT molecular complexity index is 1530. The molecule has 0 aliphatic heterocycles. The number of hydrogen-bond acceptors (Lipinski definition) is 6. The van der Waals surface area contributed by atoms with Crippen LogP contribution in [0.3, 0.4) is 0 Å². The lowest BCUT2D eigenvalue weighted by Crippen LogP contribution is -1.86. The van der Waals surface area contributed by atoms with E-state index in [9.17, 15) is 4.79 Å². The molecule has 0 atom stereocenters. The van der Waals surface area contributed by atoms with Gasteiger partial charge >= 0.3 is 0 Å². The van der Waals surface area contributed by atoms with Gasteiger partial charge in [0.2, 0.25) is 0 Å². The standard InChI is InChI=1S/C33H41BrOS5/c1-3-5-7-9-11-13-15-17-23-26(25-20-19-22(21-35)36-25)37-29-27(23)38-32-30-28(39-31(29)32)24(33(34)40-30)18-16-14-12-10-8-6-4-2/h19-21H,3-18H2,1-2H3. The van der Waals surface area contributed by atoms with Crippen molar-refractivity contribution in [3.63, 3.8) is 0 Å². The second-order valence-corrected chi connectivity index (χ2v) is 17.5. The third-order valence-corrected chi connectivity index (χ3v) is 15.5. The van der Waals surface area contributed by atoms with Crippen LogP contribution in [0, 0.1) is 0 Å². The van der Waals surface area contributed by atoms with Gasteiger partial charge in [0, 0.05) is 9.75 Å². The molecule has 5 heterocycles. The smallest absolute Gasteiger partial charge is 0.160 e. The minimum Gasteiger partial charge on any atom is -0.297 e. The fraction of sp³-hybridized carbons (Fsp3) is 0.545. The summed E-state index contributed by atoms with van der Waals surface area (Å²) in [4.78, 5) is 15.0. The largest absolute Gasteiger partial charge is 0.297 e. The zero-order chi connectivity index (χ0) is 27.9. The molecule has 0 aliphatic rings. The molecule has 0 N–H and O–H groups in total. The van der Waals surface area contributed by atoms with Crippen LogP contribution in [0.4, 0.5) is 0 Å². The van der Waals surface area contributed by atoms with Crippen LogP contribution < -0.4 is 0 Å². The van der Waals surface area contributed by atoms with E-state index >= 15 is 0 Å². The molecule has 1 nitrogen and oxygen atoms in total. The normalized spacial score (nSPS) is 12.1. The molecule has 5 rings (SSSR count). The van der Waals surface area contributed by atoms with Gasteiger partial charge in [-0.15, -0.1) is 56.7 Å². The van der Waals surface area contributed by atoms with Crippen LogP contribution in [0.5, 0.6) is 0 Å². The van der Waals surface area contributed by atoms with E-state index in [1.54, 1.807) is 16.9 Å². The number of carbonyl (C=O) groups excluding carboxylic acids is 1. The first-order chi connectivity index (χ1) is 19.7. The summed E-state index contributed by atoms with van der Waals surface area (Å²) in [6.45, 7) is 4.58. The van der Waals surface area contributed by atoms with Crippen LogP contribution in [0.25, 0.3) is 38.0 Å². The maximum Gasteiger partial charge on any atom is 0.160 e. The number of hydrogen-bond donors (Lipinski definition) is 0. The van der Waals surface area contributed by atoms with E-state index < -0.39 is 0 Å². The van der Waals surface area contributed by atoms with Crippen molar-refractivity contribution in [2.45, 2.75) is 117 Å². The van der Waals surface area contributed by atoms with E-state index in [0.29, 0.717) is 0 Å². The first-order valence-corrected chi connectivity index (χ1v) is 20.2. The first kappa shape index (κ1) is 30.9. The zero-order valence-corrected chi connectivity index (χ0v) is 29.5. The number of aldehydes is 1. The Kier molecular flexibility index (Phi) is 11.8. The molecule has 0 bridgehead atoms. The third kappa shape index (κ3) is 6.97. The highest BCUT2D eigenvalue weighted by Gasteiger charge is 2.24. The molecule has 0 aromatic carbocycles. The summed E-state index contributed by atoms with van der Waals surface area (Å²) >= 11 is 13.6. The molecule has 216 valence electrons. The molecule has 5 aromatic rings. The van der Waals surface area contributed by atoms with Gasteiger partial charge in [-0.25, -0.2) is 0 Å². The highest BCUT2D eigenvalue weighted by molar-refractivity contribution is 9.11. The molecule has 7 heteroatoms. The van der Waals surface area contributed by atoms with Gasteiger partial charge in [-0.3, -0.25) is 4.79 Å². The molecular weight excluding hydrogens is 653 g/mol. The number of carbonyl (C=O) groups is 1. The lowest BCUT2D eigenvalue weighted by molar-refractivity contribution is 0.112. The maximum absolute atomic E-state index is 11.4. The highest BCUT2D eigenvalue weighted by Crippen LogP contribution is 2.55. The number of thiophene rings is 5. The maximum atomic E-state index is 11.4. The van der Waals surface area contributed by atoms with E-state index in [2.05, 4.69) is 35.8 Å². The molecule has 0 amide bonds. The Morgan fingerprint density at radius 2 is 1.07 bits per heavy atom. The van der Waals surface area contributed by atoms with Gasteiger partial charge in [0.25, 0.3) is 0 Å². The quantitative estimate of drug-likeness (QED) is 0.0659. The van der Waals surface area contributed by atoms with Crippen LogP contribution in [0.2, 0.25) is 0 Å². The van der Waals surface area contributed by atoms with Gasteiger partial charge in [-0.05, 0) is 64.9 Å². The number of fused-ring (bicyclic) bond motifs is 5. The van der Waals surface area contributed by atoms with Crippen molar-refractivity contribution >= 4 is 107 Å². The first-order valence-electron chi connectivity index (χ1n) is 15.3. The van der Waals surface area contributed by atoms with Gasteiger partial charge in [-0.1, -0.05) is 90.9 Å². The van der Waals surface area contributed by atoms with Crippen molar-refractivity contribution in [1.82, 2.24) is 0 Å². The average molecular weight is 694 g/mol. The molecule has 0 aliphatic carbocycles. The van der Waals surface area contributed by atoms with Crippen LogP contribution >= 0.6 is 72.6 Å². The Morgan fingerprint density at radius 1 is 0.575 bits per heavy atom. The van der Waals surface area contributed by atoms with Crippen molar-refractivity contribution < 1.29 is 4.79 Å². The number of rotatable bonds is 18. The molecular formula is C33H41BrOS5. The summed E-state index contributed by atoms with van der Waals surface area (Å²) in [6.07, 6.45) is 22.2. The average Bonchev–Trinajstić information content (AvgIpc) is 3.75. The van der Waals surface area contributed by atoms with Gasteiger partial charge in [0.15, 0.2) is 6.29 Å². The van der Waals surface area contributed by atoms with Crippen LogP contribution in [-0.2, 0) is 12.8 Å². The van der Waals surface area contributed by atoms with E-state index in [1.807, 2.05) is 51.4 Å². The Balaban J connectivity index is 1.39. The third-order valence-electron chi connectivity index (χ3n) is 7.92. The molecule has 40 heavy (non-hydrogen) atoms. The minimum atomic E-state index is 0.829. The summed E-state index contributed by atoms with van der Waals surface area (Å²) in [6, 6.07) is 4.16. The number of aryl methyl sites for hydroxylation is 2. The second kappa shape index (κ2) is 15.2. The molecule has 0 saturated heterocycles. The molecule has 5 aromatic heterocycles. The van der Waals surface area contributed by atoms with Gasteiger partial charge in [0.05, 0.1) is 36.9 Å². The summed E-state index contributed by atoms with van der Waals surface area (Å²) in [5.41, 5.74) is 3.08. The topological polar surface area (TPSA) is 17.1 Å². The molecule has 0 radical (unpaired) electrons. The summed E-state index contributed by atoms with van der Waals surface area (Å²) in [5.74, 6) is 0. The summed E-state index contributed by atoms with van der Waals surface area (Å²) in [5, 5.41) is 0. The predicted octanol–water partition coefficient (Wildman–Crippen LogP) is 14.3. The Labute approximate surface area is 268 Å². The molecule has 0 unspecified atom stereocenters. The highest BCUT2D eigenvalue weighted by atomic mass is 79.9. The lowest BCUT2D eigenvalue weighted by Gasteiger charge is -2.04. The van der Waals surface area contributed by atoms with E-state index in [-0.39, 0.29) is 0 Å². The SMILES string of the molecule is CCCCCCCCCc1c(Br)sc2c1sc1c3sc(-c4ccc(C=O)s4)c(CCCCCCCCC)c3sc21. The minimum absolute atomic E-state index is 0.829. The Hall–Kier alpha value is -0.570. The number of unbranched alkanes of at least 4 members (excludes halogenated alkanes) is 12. The van der Waals surface area contributed by atoms with E-state index in [1.165, 1.54) is 144 Å². The predicted molar refractivity (Wildman–Crippen MR) is 190 cm³/mol. The monoisotopic (exact) mass is 692 g/mol. The van der Waals surface area contributed by atoms with Crippen molar-refractivity contribution in [2.75, 3.05) is 0 Å². The summed E-state index contributed by atoms with van der Waals surface area (Å²) < 4.78 is 10.4. The van der Waals surface area contributed by atoms with Gasteiger partial charge in [-0.2, -0.15) is 0 Å². The zero-order valence-electron chi connectivity index (χ0n) is 23.9. The van der Waals surface area contributed by atoms with Crippen molar-refractivity contribution in [2.24, 2.45) is 0 Å². The van der Waals surface area contributed by atoms with Gasteiger partial charge in [0.1, 0.15) is 0 Å². The van der Waals surface area contributed by atoms with Crippen molar-refractivity contribution in [1.29, 1.82) is 0 Å². The fourth-order valence-electron chi connectivity index (χ4n) is 5.68. The van der Waals surface area contributed by atoms with Gasteiger partial charge < -0.3 is 0 Å². The molecule has 0 saturated carbocycles.